The van der Waals surface area contributed by atoms with Gasteiger partial charge < -0.3 is 5.32 Å². The molecule has 1 saturated carbocycles. The molecule has 0 bridgehead atoms. The number of nitrogens with one attached hydrogen (secondary N) is 1. The summed E-state index contributed by atoms with van der Waals surface area (Å²) >= 11 is 0. The predicted molar refractivity (Wildman–Crippen MR) is 102 cm³/mol. The first-order chi connectivity index (χ1) is 11.7. The number of hydrogen-bond acceptors (Lipinski definition) is 1. The molecule has 0 amide bonds. The molecule has 1 aliphatic carbocycles. The molecule has 1 aliphatic heterocycles. The highest BCUT2D eigenvalue weighted by atomic mass is 15.0. The number of hydrogen-bond donors (Lipinski definition) is 1. The van der Waals surface area contributed by atoms with Crippen LogP contribution in [-0.4, -0.2) is 13.1 Å². The zero-order valence-corrected chi connectivity index (χ0v) is 15.0. The summed E-state index contributed by atoms with van der Waals surface area (Å²) in [7, 11) is 0. The summed E-state index contributed by atoms with van der Waals surface area (Å²) in [5.74, 6) is 1.74. The van der Waals surface area contributed by atoms with Crippen LogP contribution < -0.4 is 5.32 Å². The maximum atomic E-state index is 3.56. The minimum absolute atomic E-state index is 0.667. The molecule has 0 radical (unpaired) electrons. The van der Waals surface area contributed by atoms with E-state index in [2.05, 4.69) is 67.7 Å². The van der Waals surface area contributed by atoms with Gasteiger partial charge in [-0.3, -0.25) is 0 Å². The minimum atomic E-state index is 0.667. The monoisotopic (exact) mass is 319 g/mol. The van der Waals surface area contributed by atoms with Crippen molar-refractivity contribution in [2.24, 2.45) is 17.3 Å². The summed E-state index contributed by atoms with van der Waals surface area (Å²) in [6, 6.07) is 18.2. The molecule has 1 spiro atoms. The van der Waals surface area contributed by atoms with Crippen molar-refractivity contribution in [3.05, 3.63) is 59.7 Å². The van der Waals surface area contributed by atoms with E-state index in [1.807, 2.05) is 0 Å². The summed E-state index contributed by atoms with van der Waals surface area (Å²) in [5, 5.41) is 3.56. The van der Waals surface area contributed by atoms with E-state index in [0.717, 1.165) is 18.3 Å². The Bertz CT molecular complexity index is 677. The van der Waals surface area contributed by atoms with Crippen LogP contribution in [0.25, 0.3) is 11.1 Å². The highest BCUT2D eigenvalue weighted by Crippen LogP contribution is 2.60. The molecule has 0 aromatic heterocycles. The maximum Gasteiger partial charge on any atom is 0.00112 e. The third-order valence-electron chi connectivity index (χ3n) is 6.42. The molecule has 126 valence electrons. The molecular formula is C23H29N. The minimum Gasteiger partial charge on any atom is -0.316 e. The van der Waals surface area contributed by atoms with Gasteiger partial charge in [0.2, 0.25) is 0 Å². The van der Waals surface area contributed by atoms with Crippen LogP contribution in [-0.2, 0) is 12.8 Å². The van der Waals surface area contributed by atoms with E-state index in [4.69, 9.17) is 0 Å². The van der Waals surface area contributed by atoms with Crippen LogP contribution in [0.3, 0.4) is 0 Å². The van der Waals surface area contributed by atoms with Gasteiger partial charge in [0.1, 0.15) is 0 Å². The second kappa shape index (κ2) is 6.37. The van der Waals surface area contributed by atoms with Gasteiger partial charge in [-0.25, -0.2) is 0 Å². The Labute approximate surface area is 146 Å². The average Bonchev–Trinajstić information content (AvgIpc) is 3.13. The molecule has 2 aliphatic rings. The second-order valence-corrected chi connectivity index (χ2v) is 8.03. The fraction of sp³-hybridized carbons (Fsp3) is 0.478. The van der Waals surface area contributed by atoms with Crippen molar-refractivity contribution in [3.8, 4) is 11.1 Å². The molecule has 1 nitrogen and oxygen atoms in total. The van der Waals surface area contributed by atoms with Gasteiger partial charge in [0, 0.05) is 6.54 Å². The van der Waals surface area contributed by atoms with Crippen molar-refractivity contribution in [2.75, 3.05) is 13.1 Å². The van der Waals surface area contributed by atoms with E-state index in [9.17, 15) is 0 Å². The molecule has 2 fully saturated rings. The van der Waals surface area contributed by atoms with Crippen LogP contribution in [0.15, 0.2) is 48.5 Å². The first-order valence-corrected chi connectivity index (χ1v) is 9.59. The smallest absolute Gasteiger partial charge is 0.00112 e. The standard InChI is InChI=1S/C23H29N/c1-3-18-4-8-20(9-5-18)21-10-6-19(7-11-21)14-17(2)22-15-23(22)12-13-24-16-23/h4-11,17,22,24H,3,12-16H2,1-2H3/t17?,22?,23-/m0/s1. The molecule has 1 saturated heterocycles. The largest absolute Gasteiger partial charge is 0.316 e. The van der Waals surface area contributed by atoms with Crippen molar-refractivity contribution in [1.29, 1.82) is 0 Å². The number of rotatable bonds is 5. The van der Waals surface area contributed by atoms with Crippen molar-refractivity contribution >= 4 is 0 Å². The van der Waals surface area contributed by atoms with E-state index in [1.165, 1.54) is 54.6 Å². The molecular weight excluding hydrogens is 290 g/mol. The van der Waals surface area contributed by atoms with Crippen molar-refractivity contribution < 1.29 is 0 Å². The zero-order valence-electron chi connectivity index (χ0n) is 15.0. The molecule has 1 heteroatoms. The molecule has 1 heterocycles. The van der Waals surface area contributed by atoms with Crippen LogP contribution in [0, 0.1) is 17.3 Å². The van der Waals surface area contributed by atoms with Gasteiger partial charge in [-0.15, -0.1) is 0 Å². The molecule has 2 aromatic rings. The van der Waals surface area contributed by atoms with Gasteiger partial charge in [0.15, 0.2) is 0 Å². The van der Waals surface area contributed by atoms with Gasteiger partial charge in [0.05, 0.1) is 0 Å². The molecule has 4 rings (SSSR count). The van der Waals surface area contributed by atoms with E-state index < -0.39 is 0 Å². The third kappa shape index (κ3) is 3.02. The summed E-state index contributed by atoms with van der Waals surface area (Å²) in [5.41, 5.74) is 6.22. The summed E-state index contributed by atoms with van der Waals surface area (Å²) in [6.07, 6.45) is 5.18. The highest BCUT2D eigenvalue weighted by Gasteiger charge is 2.56. The van der Waals surface area contributed by atoms with Gasteiger partial charge >= 0.3 is 0 Å². The Balaban J connectivity index is 1.40. The summed E-state index contributed by atoms with van der Waals surface area (Å²) in [6.45, 7) is 7.15. The van der Waals surface area contributed by atoms with E-state index in [-0.39, 0.29) is 0 Å². The Morgan fingerprint density at radius 1 is 1.00 bits per heavy atom. The quantitative estimate of drug-likeness (QED) is 0.809. The van der Waals surface area contributed by atoms with Crippen molar-refractivity contribution in [3.63, 3.8) is 0 Å². The van der Waals surface area contributed by atoms with Crippen LogP contribution in [0.4, 0.5) is 0 Å². The molecule has 2 unspecified atom stereocenters. The van der Waals surface area contributed by atoms with Gasteiger partial charge in [0.25, 0.3) is 0 Å². The Hall–Kier alpha value is -1.60. The predicted octanol–water partition coefficient (Wildman–Crippen LogP) is 5.09. The van der Waals surface area contributed by atoms with Gasteiger partial charge in [-0.2, -0.15) is 0 Å². The summed E-state index contributed by atoms with van der Waals surface area (Å²) in [4.78, 5) is 0. The second-order valence-electron chi connectivity index (χ2n) is 8.03. The van der Waals surface area contributed by atoms with Crippen LogP contribution >= 0.6 is 0 Å². The van der Waals surface area contributed by atoms with Crippen LogP contribution in [0.1, 0.15) is 37.8 Å². The molecule has 24 heavy (non-hydrogen) atoms. The molecule has 1 N–H and O–H groups in total. The topological polar surface area (TPSA) is 12.0 Å². The zero-order chi connectivity index (χ0) is 16.6. The van der Waals surface area contributed by atoms with E-state index in [1.54, 1.807) is 0 Å². The lowest BCUT2D eigenvalue weighted by Crippen LogP contribution is -2.14. The number of benzene rings is 2. The Kier molecular flexibility index (Phi) is 4.22. The van der Waals surface area contributed by atoms with Crippen LogP contribution in [0.5, 0.6) is 0 Å². The fourth-order valence-electron chi connectivity index (χ4n) is 4.72. The van der Waals surface area contributed by atoms with E-state index >= 15 is 0 Å². The molecule has 2 aromatic carbocycles. The van der Waals surface area contributed by atoms with E-state index in [0.29, 0.717) is 5.41 Å². The van der Waals surface area contributed by atoms with Crippen molar-refractivity contribution in [2.45, 2.75) is 39.5 Å². The lowest BCUT2D eigenvalue weighted by molar-refractivity contribution is 0.396. The number of aryl methyl sites for hydroxylation is 1. The van der Waals surface area contributed by atoms with Crippen LogP contribution in [0.2, 0.25) is 0 Å². The third-order valence-corrected chi connectivity index (χ3v) is 6.42. The lowest BCUT2D eigenvalue weighted by atomic mass is 9.90. The SMILES string of the molecule is CCc1ccc(-c2ccc(CC(C)C3C[C@]34CCNC4)cc2)cc1. The molecule has 3 atom stereocenters. The Morgan fingerprint density at radius 3 is 2.17 bits per heavy atom. The highest BCUT2D eigenvalue weighted by molar-refractivity contribution is 5.64. The van der Waals surface area contributed by atoms with Gasteiger partial charge in [-0.1, -0.05) is 62.4 Å². The maximum absolute atomic E-state index is 3.56. The summed E-state index contributed by atoms with van der Waals surface area (Å²) < 4.78 is 0. The van der Waals surface area contributed by atoms with Crippen molar-refractivity contribution in [1.82, 2.24) is 5.32 Å². The normalized spacial score (nSPS) is 26.7. The Morgan fingerprint density at radius 2 is 1.62 bits per heavy atom. The lowest BCUT2D eigenvalue weighted by Gasteiger charge is -2.15. The first-order valence-electron chi connectivity index (χ1n) is 9.59. The average molecular weight is 319 g/mol. The first kappa shape index (κ1) is 15.9. The fourth-order valence-corrected chi connectivity index (χ4v) is 4.72. The van der Waals surface area contributed by atoms with Gasteiger partial charge in [-0.05, 0) is 71.7 Å².